The second kappa shape index (κ2) is 5.05. The van der Waals surface area contributed by atoms with Gasteiger partial charge in [0.05, 0.1) is 23.0 Å². The molecule has 17 heavy (non-hydrogen) atoms. The minimum Gasteiger partial charge on any atom is -0.480 e. The van der Waals surface area contributed by atoms with E-state index >= 15 is 0 Å². The average Bonchev–Trinajstić information content (AvgIpc) is 2.86. The Morgan fingerprint density at radius 2 is 2.41 bits per heavy atom. The molecule has 1 N–H and O–H groups in total. The van der Waals surface area contributed by atoms with E-state index in [4.69, 9.17) is 5.11 Å². The van der Waals surface area contributed by atoms with Crippen molar-refractivity contribution in [2.75, 3.05) is 11.6 Å². The van der Waals surface area contributed by atoms with Gasteiger partial charge < -0.3 is 10.0 Å². The standard InChI is InChI=1S/C10H12N2O3S2/c1-6-11-7(3-17-6)2-9(13)12-5-16-4-8(12)10(14)15/h3,8H,2,4-5H2,1H3,(H,14,15)/t8-/m0/s1. The van der Waals surface area contributed by atoms with Gasteiger partial charge in [-0.1, -0.05) is 0 Å². The molecule has 1 aromatic heterocycles. The van der Waals surface area contributed by atoms with Crippen LogP contribution in [-0.2, 0) is 16.0 Å². The Hall–Kier alpha value is -1.08. The van der Waals surface area contributed by atoms with Gasteiger partial charge in [-0.15, -0.1) is 23.1 Å². The number of carboxylic acid groups (broad SMARTS) is 1. The number of carbonyl (C=O) groups excluding carboxylic acids is 1. The first-order chi connectivity index (χ1) is 8.08. The number of hydrogen-bond acceptors (Lipinski definition) is 5. The summed E-state index contributed by atoms with van der Waals surface area (Å²) in [5.74, 6) is -0.165. The molecule has 2 rings (SSSR count). The van der Waals surface area contributed by atoms with Crippen molar-refractivity contribution in [2.24, 2.45) is 0 Å². The van der Waals surface area contributed by atoms with Gasteiger partial charge in [0.25, 0.3) is 0 Å². The molecule has 2 heterocycles. The maximum Gasteiger partial charge on any atom is 0.327 e. The van der Waals surface area contributed by atoms with E-state index in [0.717, 1.165) is 10.7 Å². The maximum absolute atomic E-state index is 12.0. The van der Waals surface area contributed by atoms with Crippen molar-refractivity contribution in [3.63, 3.8) is 0 Å². The summed E-state index contributed by atoms with van der Waals surface area (Å²) >= 11 is 2.96. The van der Waals surface area contributed by atoms with Crippen molar-refractivity contribution in [1.29, 1.82) is 0 Å². The third kappa shape index (κ3) is 2.78. The van der Waals surface area contributed by atoms with E-state index in [1.54, 1.807) is 0 Å². The highest BCUT2D eigenvalue weighted by Crippen LogP contribution is 2.22. The van der Waals surface area contributed by atoms with Gasteiger partial charge in [0.1, 0.15) is 6.04 Å². The van der Waals surface area contributed by atoms with E-state index in [1.165, 1.54) is 28.0 Å². The van der Waals surface area contributed by atoms with Gasteiger partial charge in [-0.25, -0.2) is 9.78 Å². The number of carboxylic acids is 1. The first-order valence-electron chi connectivity index (χ1n) is 5.09. The van der Waals surface area contributed by atoms with Crippen LogP contribution in [0, 0.1) is 6.92 Å². The van der Waals surface area contributed by atoms with Gasteiger partial charge in [-0.3, -0.25) is 4.79 Å². The lowest BCUT2D eigenvalue weighted by Gasteiger charge is -2.19. The van der Waals surface area contributed by atoms with E-state index in [1.807, 2.05) is 12.3 Å². The molecule has 5 nitrogen and oxygen atoms in total. The second-order valence-electron chi connectivity index (χ2n) is 3.75. The molecule has 1 amide bonds. The fraction of sp³-hybridized carbons (Fsp3) is 0.500. The second-order valence-corrected chi connectivity index (χ2v) is 5.81. The molecular formula is C10H12N2O3S2. The van der Waals surface area contributed by atoms with Crippen LogP contribution in [0.5, 0.6) is 0 Å². The number of aryl methyl sites for hydroxylation is 1. The molecule has 0 spiro atoms. The summed E-state index contributed by atoms with van der Waals surface area (Å²) < 4.78 is 0. The monoisotopic (exact) mass is 272 g/mol. The molecule has 92 valence electrons. The van der Waals surface area contributed by atoms with Crippen LogP contribution >= 0.6 is 23.1 Å². The molecule has 1 atom stereocenters. The van der Waals surface area contributed by atoms with Crippen LogP contribution in [0.1, 0.15) is 10.7 Å². The number of rotatable bonds is 3. The van der Waals surface area contributed by atoms with Crippen LogP contribution in [0.4, 0.5) is 0 Å². The predicted molar refractivity (Wildman–Crippen MR) is 66.1 cm³/mol. The zero-order chi connectivity index (χ0) is 12.4. The molecule has 0 unspecified atom stereocenters. The zero-order valence-corrected chi connectivity index (χ0v) is 10.9. The van der Waals surface area contributed by atoms with E-state index in [0.29, 0.717) is 11.6 Å². The van der Waals surface area contributed by atoms with Crippen molar-refractivity contribution >= 4 is 35.0 Å². The molecule has 1 saturated heterocycles. The van der Waals surface area contributed by atoms with Gasteiger partial charge in [0.15, 0.2) is 0 Å². The number of thiazole rings is 1. The molecular weight excluding hydrogens is 260 g/mol. The summed E-state index contributed by atoms with van der Waals surface area (Å²) in [5, 5.41) is 11.7. The number of thioether (sulfide) groups is 1. The predicted octanol–water partition coefficient (Wildman–Crippen LogP) is 0.980. The average molecular weight is 272 g/mol. The number of nitrogens with zero attached hydrogens (tertiary/aromatic N) is 2. The fourth-order valence-corrected chi connectivity index (χ4v) is 3.42. The van der Waals surface area contributed by atoms with Crippen molar-refractivity contribution in [2.45, 2.75) is 19.4 Å². The number of aliphatic carboxylic acids is 1. The number of carbonyl (C=O) groups is 2. The number of hydrogen-bond donors (Lipinski definition) is 1. The molecule has 7 heteroatoms. The summed E-state index contributed by atoms with van der Waals surface area (Å²) in [4.78, 5) is 28.5. The van der Waals surface area contributed by atoms with Crippen LogP contribution in [0.25, 0.3) is 0 Å². The Kier molecular flexibility index (Phi) is 3.68. The minimum absolute atomic E-state index is 0.160. The normalized spacial score (nSPS) is 19.6. The first-order valence-corrected chi connectivity index (χ1v) is 7.12. The van der Waals surface area contributed by atoms with Crippen LogP contribution in [0.3, 0.4) is 0 Å². The highest BCUT2D eigenvalue weighted by molar-refractivity contribution is 7.99. The summed E-state index contributed by atoms with van der Waals surface area (Å²) in [6.45, 7) is 1.88. The fourth-order valence-electron chi connectivity index (χ4n) is 1.64. The molecule has 0 bridgehead atoms. The molecule has 0 saturated carbocycles. The Balaban J connectivity index is 2.02. The first kappa shape index (κ1) is 12.4. The van der Waals surface area contributed by atoms with Gasteiger partial charge in [-0.2, -0.15) is 0 Å². The molecule has 1 fully saturated rings. The number of amides is 1. The van der Waals surface area contributed by atoms with Crippen molar-refractivity contribution in [1.82, 2.24) is 9.88 Å². The summed E-state index contributed by atoms with van der Waals surface area (Å²) in [6.07, 6.45) is 0.189. The molecule has 0 aliphatic carbocycles. The molecule has 1 aliphatic rings. The Morgan fingerprint density at radius 3 is 3.00 bits per heavy atom. The Bertz CT molecular complexity index is 447. The van der Waals surface area contributed by atoms with Crippen LogP contribution < -0.4 is 0 Å². The maximum atomic E-state index is 12.0. The smallest absolute Gasteiger partial charge is 0.327 e. The third-order valence-electron chi connectivity index (χ3n) is 2.49. The molecule has 1 aromatic rings. The van der Waals surface area contributed by atoms with Gasteiger partial charge in [0, 0.05) is 11.1 Å². The number of aromatic nitrogens is 1. The van der Waals surface area contributed by atoms with Crippen molar-refractivity contribution < 1.29 is 14.7 Å². The Morgan fingerprint density at radius 1 is 1.65 bits per heavy atom. The summed E-state index contributed by atoms with van der Waals surface area (Å²) in [7, 11) is 0. The SMILES string of the molecule is Cc1nc(CC(=O)N2CSC[C@H]2C(=O)O)cs1. The van der Waals surface area contributed by atoms with E-state index in [-0.39, 0.29) is 12.3 Å². The lowest BCUT2D eigenvalue weighted by atomic mass is 10.2. The van der Waals surface area contributed by atoms with Crippen molar-refractivity contribution in [3.8, 4) is 0 Å². The van der Waals surface area contributed by atoms with Crippen LogP contribution in [-0.4, -0.2) is 44.5 Å². The van der Waals surface area contributed by atoms with E-state index in [2.05, 4.69) is 4.98 Å². The molecule has 1 aliphatic heterocycles. The van der Waals surface area contributed by atoms with E-state index in [9.17, 15) is 9.59 Å². The molecule has 0 aromatic carbocycles. The summed E-state index contributed by atoms with van der Waals surface area (Å²) in [5.41, 5.74) is 0.721. The molecule has 0 radical (unpaired) electrons. The van der Waals surface area contributed by atoms with Crippen molar-refractivity contribution in [3.05, 3.63) is 16.1 Å². The van der Waals surface area contributed by atoms with Crippen LogP contribution in [0.15, 0.2) is 5.38 Å². The van der Waals surface area contributed by atoms with Gasteiger partial charge in [-0.05, 0) is 6.92 Å². The third-order valence-corrected chi connectivity index (χ3v) is 4.32. The highest BCUT2D eigenvalue weighted by atomic mass is 32.2. The lowest BCUT2D eigenvalue weighted by Crippen LogP contribution is -2.42. The van der Waals surface area contributed by atoms with Gasteiger partial charge >= 0.3 is 5.97 Å². The van der Waals surface area contributed by atoms with Crippen LogP contribution in [0.2, 0.25) is 0 Å². The topological polar surface area (TPSA) is 70.5 Å². The van der Waals surface area contributed by atoms with Gasteiger partial charge in [0.2, 0.25) is 5.91 Å². The largest absolute Gasteiger partial charge is 0.480 e. The van der Waals surface area contributed by atoms with E-state index < -0.39 is 12.0 Å². The zero-order valence-electron chi connectivity index (χ0n) is 9.25. The lowest BCUT2D eigenvalue weighted by molar-refractivity contribution is -0.147. The Labute approximate surface area is 107 Å². The minimum atomic E-state index is -0.933. The highest BCUT2D eigenvalue weighted by Gasteiger charge is 2.34. The quantitative estimate of drug-likeness (QED) is 0.888. The summed E-state index contributed by atoms with van der Waals surface area (Å²) in [6, 6.07) is -0.688.